The third-order valence-corrected chi connectivity index (χ3v) is 7.90. The van der Waals surface area contributed by atoms with E-state index in [2.05, 4.69) is 25.2 Å². The largest absolute Gasteiger partial charge is 0.458 e. The molecule has 1 saturated carbocycles. The van der Waals surface area contributed by atoms with Gasteiger partial charge in [0.05, 0.1) is 12.5 Å². The van der Waals surface area contributed by atoms with Gasteiger partial charge in [0.15, 0.2) is 5.78 Å². The van der Waals surface area contributed by atoms with Crippen LogP contribution in [-0.2, 0) is 14.3 Å². The SMILES string of the molecule is CC/C=C/[C@H]1CCCC(O)C(C)C(=O)C2=CC3C(C=CC4CCCC43)C2CC(=O)O1. The van der Waals surface area contributed by atoms with Crippen molar-refractivity contribution in [2.24, 2.45) is 35.5 Å². The lowest BCUT2D eigenvalue weighted by Crippen LogP contribution is -2.33. The predicted molar refractivity (Wildman–Crippen MR) is 116 cm³/mol. The van der Waals surface area contributed by atoms with Crippen LogP contribution in [0, 0.1) is 35.5 Å². The summed E-state index contributed by atoms with van der Waals surface area (Å²) in [6.07, 6.45) is 16.7. The fourth-order valence-corrected chi connectivity index (χ4v) is 6.20. The Bertz CT molecular complexity index is 748. The number of carbonyl (C=O) groups is 2. The Labute approximate surface area is 180 Å². The van der Waals surface area contributed by atoms with Crippen molar-refractivity contribution < 1.29 is 19.4 Å². The van der Waals surface area contributed by atoms with Crippen molar-refractivity contribution in [2.45, 2.75) is 77.4 Å². The second-order valence-corrected chi connectivity index (χ2v) is 9.75. The molecule has 0 amide bonds. The Balaban J connectivity index is 1.63. The van der Waals surface area contributed by atoms with Crippen molar-refractivity contribution in [1.82, 2.24) is 0 Å². The molecule has 2 fully saturated rings. The molecule has 7 unspecified atom stereocenters. The molecule has 0 spiro atoms. The minimum atomic E-state index is -0.651. The Morgan fingerprint density at radius 3 is 2.70 bits per heavy atom. The van der Waals surface area contributed by atoms with Crippen LogP contribution in [0.3, 0.4) is 0 Å². The van der Waals surface area contributed by atoms with Crippen LogP contribution in [-0.4, -0.2) is 29.1 Å². The van der Waals surface area contributed by atoms with Gasteiger partial charge in [-0.3, -0.25) is 9.59 Å². The van der Waals surface area contributed by atoms with E-state index in [1.54, 1.807) is 0 Å². The number of aliphatic hydroxyl groups is 1. The summed E-state index contributed by atoms with van der Waals surface area (Å²) in [4.78, 5) is 26.3. The van der Waals surface area contributed by atoms with Crippen LogP contribution in [0.15, 0.2) is 36.0 Å². The number of ether oxygens (including phenoxy) is 1. The quantitative estimate of drug-likeness (QED) is 0.524. The number of aliphatic hydroxyl groups excluding tert-OH is 1. The third-order valence-electron chi connectivity index (χ3n) is 7.90. The van der Waals surface area contributed by atoms with E-state index >= 15 is 0 Å². The van der Waals surface area contributed by atoms with Gasteiger partial charge in [0.1, 0.15) is 6.10 Å². The summed E-state index contributed by atoms with van der Waals surface area (Å²) in [5.41, 5.74) is 0.770. The summed E-state index contributed by atoms with van der Waals surface area (Å²) < 4.78 is 5.83. The van der Waals surface area contributed by atoms with Crippen LogP contribution in [0.5, 0.6) is 0 Å². The summed E-state index contributed by atoms with van der Waals surface area (Å²) >= 11 is 0. The Morgan fingerprint density at radius 1 is 1.10 bits per heavy atom. The van der Waals surface area contributed by atoms with Gasteiger partial charge in [-0.15, -0.1) is 0 Å². The number of esters is 1. The van der Waals surface area contributed by atoms with E-state index in [9.17, 15) is 14.7 Å². The number of Topliss-reactive ketones (excluding diaryl/α,β-unsaturated/α-hetero) is 1. The zero-order chi connectivity index (χ0) is 21.3. The fourth-order valence-electron chi connectivity index (χ4n) is 6.20. The van der Waals surface area contributed by atoms with Crippen molar-refractivity contribution in [3.05, 3.63) is 36.0 Å². The van der Waals surface area contributed by atoms with Crippen LogP contribution in [0.1, 0.15) is 65.2 Å². The van der Waals surface area contributed by atoms with E-state index in [1.807, 2.05) is 19.1 Å². The van der Waals surface area contributed by atoms with Crippen LogP contribution in [0.2, 0.25) is 0 Å². The number of ketones is 1. The van der Waals surface area contributed by atoms with Gasteiger partial charge in [-0.2, -0.15) is 0 Å². The molecule has 1 heterocycles. The molecule has 0 aromatic carbocycles. The highest BCUT2D eigenvalue weighted by Gasteiger charge is 2.48. The lowest BCUT2D eigenvalue weighted by Gasteiger charge is -2.34. The van der Waals surface area contributed by atoms with Crippen molar-refractivity contribution >= 4 is 11.8 Å². The summed E-state index contributed by atoms with van der Waals surface area (Å²) in [7, 11) is 0. The molecule has 1 aliphatic heterocycles. The van der Waals surface area contributed by atoms with Gasteiger partial charge in [0.2, 0.25) is 0 Å². The lowest BCUT2D eigenvalue weighted by molar-refractivity contribution is -0.148. The van der Waals surface area contributed by atoms with Gasteiger partial charge in [0, 0.05) is 11.8 Å². The topological polar surface area (TPSA) is 63.6 Å². The third kappa shape index (κ3) is 4.21. The van der Waals surface area contributed by atoms with Crippen molar-refractivity contribution in [3.63, 3.8) is 0 Å². The highest BCUT2D eigenvalue weighted by molar-refractivity contribution is 5.99. The summed E-state index contributed by atoms with van der Waals surface area (Å²) in [5, 5.41) is 10.7. The standard InChI is InChI=1S/C26H36O4/c1-3-4-8-18-9-6-11-24(27)16(2)26(29)23-14-21-19-10-5-7-17(19)12-13-20(21)22(23)15-25(28)30-18/h4,8,12-14,16-22,24,27H,3,5-7,9-11,15H2,1-2H3/b8-4+/t16?,17?,18-,19?,20?,21?,22?,24?/m0/s1. The zero-order valence-electron chi connectivity index (χ0n) is 18.3. The van der Waals surface area contributed by atoms with Crippen LogP contribution in [0.4, 0.5) is 0 Å². The normalized spacial score (nSPS) is 42.0. The number of rotatable bonds is 2. The van der Waals surface area contributed by atoms with E-state index in [0.29, 0.717) is 30.6 Å². The highest BCUT2D eigenvalue weighted by atomic mass is 16.5. The van der Waals surface area contributed by atoms with Gasteiger partial charge in [-0.25, -0.2) is 0 Å². The first kappa shape index (κ1) is 21.5. The second kappa shape index (κ2) is 9.21. The van der Waals surface area contributed by atoms with Crippen molar-refractivity contribution in [1.29, 1.82) is 0 Å². The van der Waals surface area contributed by atoms with Crippen molar-refractivity contribution in [2.75, 3.05) is 0 Å². The second-order valence-electron chi connectivity index (χ2n) is 9.75. The smallest absolute Gasteiger partial charge is 0.307 e. The molecule has 4 aliphatic rings. The molecule has 0 bridgehead atoms. The molecule has 1 N–H and O–H groups in total. The molecule has 4 heteroatoms. The summed E-state index contributed by atoms with van der Waals surface area (Å²) in [6.45, 7) is 3.91. The molecule has 3 aliphatic carbocycles. The van der Waals surface area contributed by atoms with Crippen LogP contribution < -0.4 is 0 Å². The first-order valence-corrected chi connectivity index (χ1v) is 12.0. The molecule has 0 radical (unpaired) electrons. The van der Waals surface area contributed by atoms with Gasteiger partial charge in [-0.1, -0.05) is 44.6 Å². The van der Waals surface area contributed by atoms with Gasteiger partial charge < -0.3 is 9.84 Å². The van der Waals surface area contributed by atoms with Crippen molar-refractivity contribution in [3.8, 4) is 0 Å². The molecule has 0 aromatic heterocycles. The minimum Gasteiger partial charge on any atom is -0.458 e. The molecule has 0 aromatic rings. The number of fused-ring (bicyclic) bond motifs is 5. The maximum Gasteiger partial charge on any atom is 0.307 e. The average molecular weight is 413 g/mol. The van der Waals surface area contributed by atoms with Gasteiger partial charge >= 0.3 is 5.97 Å². The fraction of sp³-hybridized carbons (Fsp3) is 0.692. The monoisotopic (exact) mass is 412 g/mol. The van der Waals surface area contributed by atoms with Crippen LogP contribution in [0.25, 0.3) is 0 Å². The van der Waals surface area contributed by atoms with E-state index in [1.165, 1.54) is 19.3 Å². The molecule has 1 saturated heterocycles. The number of cyclic esters (lactones) is 1. The Kier molecular flexibility index (Phi) is 6.62. The Hall–Kier alpha value is -1.68. The number of allylic oxidation sites excluding steroid dienone is 5. The first-order chi connectivity index (χ1) is 14.5. The molecule has 4 rings (SSSR count). The van der Waals surface area contributed by atoms with E-state index < -0.39 is 12.0 Å². The number of hydrogen-bond acceptors (Lipinski definition) is 4. The average Bonchev–Trinajstić information content (AvgIpc) is 3.34. The highest BCUT2D eigenvalue weighted by Crippen LogP contribution is 2.53. The molecule has 8 atom stereocenters. The summed E-state index contributed by atoms with van der Waals surface area (Å²) in [5.74, 6) is 0.997. The molecular weight excluding hydrogens is 376 g/mol. The predicted octanol–water partition coefficient (Wildman–Crippen LogP) is 4.78. The first-order valence-electron chi connectivity index (χ1n) is 12.0. The van der Waals surface area contributed by atoms with Gasteiger partial charge in [0.25, 0.3) is 0 Å². The maximum absolute atomic E-state index is 13.4. The van der Waals surface area contributed by atoms with Crippen LogP contribution >= 0.6 is 0 Å². The van der Waals surface area contributed by atoms with Gasteiger partial charge in [-0.05, 0) is 73.8 Å². The summed E-state index contributed by atoms with van der Waals surface area (Å²) in [6, 6.07) is 0. The minimum absolute atomic E-state index is 0.0284. The lowest BCUT2D eigenvalue weighted by atomic mass is 9.70. The van der Waals surface area contributed by atoms with E-state index in [-0.39, 0.29) is 36.1 Å². The number of carbonyl (C=O) groups excluding carboxylic acids is 2. The molecule has 164 valence electrons. The number of hydrogen-bond donors (Lipinski definition) is 1. The molecule has 30 heavy (non-hydrogen) atoms. The van der Waals surface area contributed by atoms with E-state index in [0.717, 1.165) is 18.4 Å². The Morgan fingerprint density at radius 2 is 1.90 bits per heavy atom. The maximum atomic E-state index is 13.4. The molecule has 4 nitrogen and oxygen atoms in total. The van der Waals surface area contributed by atoms with E-state index in [4.69, 9.17) is 4.74 Å². The zero-order valence-corrected chi connectivity index (χ0v) is 18.3. The molecular formula is C26H36O4.